The highest BCUT2D eigenvalue weighted by Crippen LogP contribution is 2.32. The Morgan fingerprint density at radius 2 is 2.00 bits per heavy atom. The normalized spacial score (nSPS) is 31.6. The van der Waals surface area contributed by atoms with Crippen LogP contribution in [0.2, 0.25) is 5.15 Å². The first-order valence-electron chi connectivity index (χ1n) is 7.26. The lowest BCUT2D eigenvalue weighted by atomic mass is 9.82. The van der Waals surface area contributed by atoms with Gasteiger partial charge in [-0.2, -0.15) is 0 Å². The Hall–Kier alpha value is -0.580. The molecule has 0 amide bonds. The van der Waals surface area contributed by atoms with Gasteiger partial charge in [0.15, 0.2) is 0 Å². The number of nitrogens with one attached hydrogen (secondary N) is 1. The molecule has 2 saturated heterocycles. The Kier molecular flexibility index (Phi) is 3.83. The van der Waals surface area contributed by atoms with Crippen LogP contribution in [0, 0.1) is 0 Å². The minimum atomic E-state index is 0.627. The largest absolute Gasteiger partial charge is 0.321 e. The van der Waals surface area contributed by atoms with Crippen molar-refractivity contribution >= 4 is 11.6 Å². The number of hydrogen-bond acceptors (Lipinski definition) is 3. The zero-order valence-corrected chi connectivity index (χ0v) is 12.5. The Morgan fingerprint density at radius 1 is 1.32 bits per heavy atom. The van der Waals surface area contributed by atoms with E-state index in [0.29, 0.717) is 11.2 Å². The molecule has 1 aromatic rings. The van der Waals surface area contributed by atoms with E-state index in [1.54, 1.807) is 6.20 Å². The van der Waals surface area contributed by atoms with Gasteiger partial charge in [-0.05, 0) is 32.7 Å². The molecule has 3 heterocycles. The second kappa shape index (κ2) is 5.43. The van der Waals surface area contributed by atoms with Gasteiger partial charge in [0.25, 0.3) is 0 Å². The topological polar surface area (TPSA) is 33.1 Å². The summed E-state index contributed by atoms with van der Waals surface area (Å²) < 4.78 is 1.95. The van der Waals surface area contributed by atoms with Gasteiger partial charge in [0.05, 0.1) is 12.7 Å². The molecular weight excluding hydrogens is 260 g/mol. The molecule has 3 rings (SSSR count). The summed E-state index contributed by atoms with van der Waals surface area (Å²) in [6.45, 7) is 0.817. The summed E-state index contributed by atoms with van der Waals surface area (Å²) in [6, 6.07) is 2.17. The smallest absolute Gasteiger partial charge is 0.128 e. The molecule has 0 saturated carbocycles. The number of rotatable bonds is 3. The van der Waals surface area contributed by atoms with Crippen LogP contribution in [-0.4, -0.2) is 39.6 Å². The zero-order chi connectivity index (χ0) is 13.4. The molecular formula is C14H23ClN4. The van der Waals surface area contributed by atoms with Crippen molar-refractivity contribution in [2.75, 3.05) is 7.05 Å². The molecule has 4 nitrogen and oxygen atoms in total. The molecule has 1 N–H and O–H groups in total. The van der Waals surface area contributed by atoms with Gasteiger partial charge in [-0.3, -0.25) is 0 Å². The van der Waals surface area contributed by atoms with Crippen LogP contribution in [0.15, 0.2) is 6.20 Å². The van der Waals surface area contributed by atoms with Crippen LogP contribution >= 0.6 is 11.6 Å². The molecule has 2 unspecified atom stereocenters. The first-order valence-corrected chi connectivity index (χ1v) is 7.64. The summed E-state index contributed by atoms with van der Waals surface area (Å²) in [7, 11) is 4.26. The minimum absolute atomic E-state index is 0.627. The number of piperidine rings is 2. The summed E-state index contributed by atoms with van der Waals surface area (Å²) in [6.07, 6.45) is 8.39. The Balaban J connectivity index is 1.58. The summed E-state index contributed by atoms with van der Waals surface area (Å²) in [5, 5.41) is 4.38. The van der Waals surface area contributed by atoms with E-state index in [2.05, 4.69) is 22.2 Å². The monoisotopic (exact) mass is 282 g/mol. The Bertz CT molecular complexity index is 431. The molecule has 0 aliphatic carbocycles. The van der Waals surface area contributed by atoms with E-state index >= 15 is 0 Å². The van der Waals surface area contributed by atoms with Gasteiger partial charge < -0.3 is 14.8 Å². The maximum atomic E-state index is 6.01. The SMILES string of the molecule is CN1C2CCCC1CC(NCc1ncc(Cl)n1C)C2. The van der Waals surface area contributed by atoms with Crippen molar-refractivity contribution in [2.24, 2.45) is 7.05 Å². The number of fused-ring (bicyclic) bond motifs is 2. The van der Waals surface area contributed by atoms with E-state index < -0.39 is 0 Å². The van der Waals surface area contributed by atoms with Gasteiger partial charge in [-0.25, -0.2) is 4.98 Å². The van der Waals surface area contributed by atoms with E-state index in [9.17, 15) is 0 Å². The second-order valence-corrected chi connectivity index (χ2v) is 6.40. The van der Waals surface area contributed by atoms with Crippen LogP contribution in [0.1, 0.15) is 37.9 Å². The highest BCUT2D eigenvalue weighted by Gasteiger charge is 2.35. The van der Waals surface area contributed by atoms with E-state index in [1.165, 1.54) is 32.1 Å². The van der Waals surface area contributed by atoms with Crippen molar-refractivity contribution in [2.45, 2.75) is 56.8 Å². The molecule has 2 bridgehead atoms. The first-order chi connectivity index (χ1) is 9.15. The summed E-state index contributed by atoms with van der Waals surface area (Å²) in [5.74, 6) is 1.02. The van der Waals surface area contributed by atoms with Crippen LogP contribution in [0.3, 0.4) is 0 Å². The number of nitrogens with zero attached hydrogens (tertiary/aromatic N) is 3. The fourth-order valence-corrected chi connectivity index (χ4v) is 3.75. The van der Waals surface area contributed by atoms with E-state index in [1.807, 2.05) is 11.6 Å². The van der Waals surface area contributed by atoms with E-state index in [4.69, 9.17) is 11.6 Å². The highest BCUT2D eigenvalue weighted by molar-refractivity contribution is 6.29. The Morgan fingerprint density at radius 3 is 2.58 bits per heavy atom. The predicted molar refractivity (Wildman–Crippen MR) is 77.3 cm³/mol. The van der Waals surface area contributed by atoms with E-state index in [0.717, 1.165) is 24.5 Å². The molecule has 106 valence electrons. The third-order valence-electron chi connectivity index (χ3n) is 4.92. The standard InChI is InChI=1S/C14H23ClN4/c1-18-11-4-3-5-12(18)7-10(6-11)16-9-14-17-8-13(15)19(14)2/h8,10-12,16H,3-7,9H2,1-2H3. The molecule has 19 heavy (non-hydrogen) atoms. The lowest BCUT2D eigenvalue weighted by Crippen LogP contribution is -2.54. The molecule has 2 fully saturated rings. The van der Waals surface area contributed by atoms with Crippen molar-refractivity contribution in [3.63, 3.8) is 0 Å². The molecule has 0 spiro atoms. The third-order valence-corrected chi connectivity index (χ3v) is 5.27. The lowest BCUT2D eigenvalue weighted by molar-refractivity contribution is 0.0480. The lowest BCUT2D eigenvalue weighted by Gasteiger charge is -2.47. The fraction of sp³-hybridized carbons (Fsp3) is 0.786. The van der Waals surface area contributed by atoms with Crippen molar-refractivity contribution in [1.82, 2.24) is 19.8 Å². The van der Waals surface area contributed by atoms with Crippen molar-refractivity contribution in [3.8, 4) is 0 Å². The van der Waals surface area contributed by atoms with Crippen molar-refractivity contribution < 1.29 is 0 Å². The summed E-state index contributed by atoms with van der Waals surface area (Å²) in [4.78, 5) is 6.94. The Labute approximate surface area is 120 Å². The predicted octanol–water partition coefficient (Wildman–Crippen LogP) is 2.18. The van der Waals surface area contributed by atoms with Crippen molar-refractivity contribution in [1.29, 1.82) is 0 Å². The molecule has 2 aliphatic rings. The molecule has 0 aromatic carbocycles. The molecule has 0 radical (unpaired) electrons. The summed E-state index contributed by atoms with van der Waals surface area (Å²) in [5.41, 5.74) is 0. The fourth-order valence-electron chi connectivity index (χ4n) is 3.61. The third kappa shape index (κ3) is 2.67. The van der Waals surface area contributed by atoms with Gasteiger partial charge in [0.1, 0.15) is 11.0 Å². The van der Waals surface area contributed by atoms with Crippen LogP contribution in [0.25, 0.3) is 0 Å². The van der Waals surface area contributed by atoms with Crippen LogP contribution in [-0.2, 0) is 13.6 Å². The molecule has 2 atom stereocenters. The van der Waals surface area contributed by atoms with Gasteiger partial charge in [0, 0.05) is 25.2 Å². The van der Waals surface area contributed by atoms with Gasteiger partial charge >= 0.3 is 0 Å². The molecule has 2 aliphatic heterocycles. The number of aromatic nitrogens is 2. The first kappa shape index (κ1) is 13.4. The average Bonchev–Trinajstić information content (AvgIpc) is 2.68. The van der Waals surface area contributed by atoms with E-state index in [-0.39, 0.29) is 0 Å². The van der Waals surface area contributed by atoms with Crippen LogP contribution in [0.5, 0.6) is 0 Å². The quantitative estimate of drug-likeness (QED) is 0.922. The number of halogens is 1. The van der Waals surface area contributed by atoms with Gasteiger partial charge in [-0.1, -0.05) is 18.0 Å². The minimum Gasteiger partial charge on any atom is -0.321 e. The van der Waals surface area contributed by atoms with Gasteiger partial charge in [-0.15, -0.1) is 0 Å². The molecule has 5 heteroatoms. The van der Waals surface area contributed by atoms with Gasteiger partial charge in [0.2, 0.25) is 0 Å². The highest BCUT2D eigenvalue weighted by atomic mass is 35.5. The molecule has 1 aromatic heterocycles. The van der Waals surface area contributed by atoms with Crippen LogP contribution in [0.4, 0.5) is 0 Å². The maximum Gasteiger partial charge on any atom is 0.128 e. The number of hydrogen-bond donors (Lipinski definition) is 1. The van der Waals surface area contributed by atoms with Crippen LogP contribution < -0.4 is 5.32 Å². The second-order valence-electron chi connectivity index (χ2n) is 6.01. The van der Waals surface area contributed by atoms with Crippen molar-refractivity contribution in [3.05, 3.63) is 17.2 Å². The number of imidazole rings is 1. The summed E-state index contributed by atoms with van der Waals surface area (Å²) >= 11 is 6.01. The average molecular weight is 283 g/mol. The zero-order valence-electron chi connectivity index (χ0n) is 11.8. The maximum absolute atomic E-state index is 6.01.